The Balaban J connectivity index is 1.41. The third-order valence-corrected chi connectivity index (χ3v) is 5.35. The smallest absolute Gasteiger partial charge is 0.265 e. The molecule has 1 aromatic rings. The molecule has 0 aliphatic carbocycles. The fourth-order valence-corrected chi connectivity index (χ4v) is 3.53. The molecular weight excluding hydrogens is 344 g/mol. The van der Waals surface area contributed by atoms with Crippen LogP contribution in [0.5, 0.6) is 5.75 Å². The Kier molecular flexibility index (Phi) is 6.68. The van der Waals surface area contributed by atoms with E-state index in [2.05, 4.69) is 16.8 Å². The number of hydrogen-bond acceptors (Lipinski definition) is 5. The van der Waals surface area contributed by atoms with Crippen LogP contribution in [0.4, 0.5) is 5.69 Å². The Morgan fingerprint density at radius 2 is 1.89 bits per heavy atom. The number of fused-ring (bicyclic) bond motifs is 1. The van der Waals surface area contributed by atoms with E-state index in [1.54, 1.807) is 9.80 Å². The number of likely N-dealkylation sites (N-methyl/N-ethyl adjacent to an activating group) is 1. The van der Waals surface area contributed by atoms with E-state index in [4.69, 9.17) is 4.74 Å². The summed E-state index contributed by atoms with van der Waals surface area (Å²) in [6, 6.07) is 7.46. The average molecular weight is 374 g/mol. The second-order valence-corrected chi connectivity index (χ2v) is 7.37. The highest BCUT2D eigenvalue weighted by atomic mass is 16.5. The van der Waals surface area contributed by atoms with Gasteiger partial charge in [0.25, 0.3) is 5.91 Å². The minimum atomic E-state index is -0.0979. The number of ether oxygens (including phenoxy) is 1. The monoisotopic (exact) mass is 374 g/mol. The maximum absolute atomic E-state index is 12.5. The fourth-order valence-electron chi connectivity index (χ4n) is 3.53. The average Bonchev–Trinajstić information content (AvgIpc) is 2.68. The van der Waals surface area contributed by atoms with Gasteiger partial charge in [-0.25, -0.2) is 0 Å². The minimum absolute atomic E-state index is 0.0338. The summed E-state index contributed by atoms with van der Waals surface area (Å²) >= 11 is 0. The lowest BCUT2D eigenvalue weighted by atomic mass is 10.2. The summed E-state index contributed by atoms with van der Waals surface area (Å²) in [5.74, 6) is 0.675. The van der Waals surface area contributed by atoms with Crippen LogP contribution in [0, 0.1) is 0 Å². The number of amides is 2. The van der Waals surface area contributed by atoms with E-state index in [9.17, 15) is 9.59 Å². The topological polar surface area (TPSA) is 56.3 Å². The number of anilines is 1. The van der Waals surface area contributed by atoms with Gasteiger partial charge < -0.3 is 24.3 Å². The first-order chi connectivity index (χ1) is 13.0. The molecule has 148 valence electrons. The van der Waals surface area contributed by atoms with Crippen molar-refractivity contribution in [2.45, 2.75) is 12.8 Å². The molecule has 0 spiro atoms. The van der Waals surface area contributed by atoms with Crippen LogP contribution >= 0.6 is 0 Å². The quantitative estimate of drug-likeness (QED) is 0.710. The van der Waals surface area contributed by atoms with Crippen molar-refractivity contribution < 1.29 is 14.3 Å². The zero-order chi connectivity index (χ0) is 19.2. The summed E-state index contributed by atoms with van der Waals surface area (Å²) in [6.45, 7) is 6.64. The van der Waals surface area contributed by atoms with E-state index >= 15 is 0 Å². The maximum Gasteiger partial charge on any atom is 0.265 e. The van der Waals surface area contributed by atoms with Gasteiger partial charge in [0.1, 0.15) is 5.75 Å². The van der Waals surface area contributed by atoms with Crippen LogP contribution in [-0.4, -0.2) is 93.0 Å². The van der Waals surface area contributed by atoms with Crippen LogP contribution in [0.1, 0.15) is 12.8 Å². The fraction of sp³-hybridized carbons (Fsp3) is 0.600. The molecule has 2 amide bonds. The molecule has 0 bridgehead atoms. The van der Waals surface area contributed by atoms with Gasteiger partial charge in [-0.15, -0.1) is 0 Å². The Morgan fingerprint density at radius 1 is 1.15 bits per heavy atom. The minimum Gasteiger partial charge on any atom is -0.482 e. The third-order valence-electron chi connectivity index (χ3n) is 5.35. The summed E-state index contributed by atoms with van der Waals surface area (Å²) in [5, 5.41) is 0. The third kappa shape index (κ3) is 5.20. The van der Waals surface area contributed by atoms with Gasteiger partial charge in [0.2, 0.25) is 5.91 Å². The maximum atomic E-state index is 12.5. The van der Waals surface area contributed by atoms with Gasteiger partial charge in [-0.3, -0.25) is 9.59 Å². The zero-order valence-electron chi connectivity index (χ0n) is 16.4. The van der Waals surface area contributed by atoms with Crippen molar-refractivity contribution in [3.63, 3.8) is 0 Å². The number of rotatable bonds is 7. The first-order valence-electron chi connectivity index (χ1n) is 9.71. The molecule has 0 saturated carbocycles. The predicted octanol–water partition coefficient (Wildman–Crippen LogP) is 0.898. The van der Waals surface area contributed by atoms with Crippen molar-refractivity contribution in [2.75, 3.05) is 71.4 Å². The molecule has 7 heteroatoms. The largest absolute Gasteiger partial charge is 0.482 e. The van der Waals surface area contributed by atoms with Crippen LogP contribution in [0.3, 0.4) is 0 Å². The number of benzene rings is 1. The summed E-state index contributed by atoms with van der Waals surface area (Å²) in [5.41, 5.74) is 0.749. The zero-order valence-corrected chi connectivity index (χ0v) is 16.4. The first-order valence-corrected chi connectivity index (χ1v) is 9.71. The Labute approximate surface area is 161 Å². The molecule has 27 heavy (non-hydrogen) atoms. The van der Waals surface area contributed by atoms with Crippen molar-refractivity contribution in [2.24, 2.45) is 0 Å². The Hall–Kier alpha value is -2.12. The highest BCUT2D eigenvalue weighted by molar-refractivity contribution is 5.98. The summed E-state index contributed by atoms with van der Waals surface area (Å²) in [4.78, 5) is 32.9. The van der Waals surface area contributed by atoms with Gasteiger partial charge >= 0.3 is 0 Å². The number of carbonyl (C=O) groups excluding carboxylic acids is 2. The lowest BCUT2D eigenvalue weighted by Gasteiger charge is -2.32. The van der Waals surface area contributed by atoms with Gasteiger partial charge in [0, 0.05) is 52.7 Å². The first kappa shape index (κ1) is 19.6. The van der Waals surface area contributed by atoms with E-state index < -0.39 is 0 Å². The molecule has 3 rings (SSSR count). The second kappa shape index (κ2) is 9.19. The number of carbonyl (C=O) groups is 2. The van der Waals surface area contributed by atoms with Gasteiger partial charge in [-0.2, -0.15) is 0 Å². The van der Waals surface area contributed by atoms with E-state index in [0.717, 1.165) is 51.4 Å². The van der Waals surface area contributed by atoms with E-state index in [1.807, 2.05) is 31.3 Å². The lowest BCUT2D eigenvalue weighted by molar-refractivity contribution is -0.129. The molecule has 0 unspecified atom stereocenters. The van der Waals surface area contributed by atoms with Crippen LogP contribution in [0.25, 0.3) is 0 Å². The SMILES string of the molecule is CN1CCN(CCCN(C)C(=O)CCN2C(=O)COc3ccccc32)CC1. The predicted molar refractivity (Wildman–Crippen MR) is 105 cm³/mol. The highest BCUT2D eigenvalue weighted by Gasteiger charge is 2.25. The molecule has 0 N–H and O–H groups in total. The number of para-hydroxylation sites is 2. The Morgan fingerprint density at radius 3 is 2.67 bits per heavy atom. The second-order valence-electron chi connectivity index (χ2n) is 7.37. The van der Waals surface area contributed by atoms with Crippen molar-refractivity contribution in [3.8, 4) is 5.75 Å². The molecule has 1 saturated heterocycles. The van der Waals surface area contributed by atoms with E-state index in [-0.39, 0.29) is 18.4 Å². The lowest BCUT2D eigenvalue weighted by Crippen LogP contribution is -2.45. The van der Waals surface area contributed by atoms with Crippen LogP contribution < -0.4 is 9.64 Å². The number of nitrogens with zero attached hydrogens (tertiary/aromatic N) is 4. The molecule has 1 fully saturated rings. The van der Waals surface area contributed by atoms with Gasteiger partial charge in [-0.1, -0.05) is 12.1 Å². The number of piperazine rings is 1. The molecule has 2 aliphatic rings. The molecule has 1 aromatic carbocycles. The van der Waals surface area contributed by atoms with Gasteiger partial charge in [-0.05, 0) is 32.1 Å². The van der Waals surface area contributed by atoms with Crippen LogP contribution in [0.2, 0.25) is 0 Å². The molecule has 2 heterocycles. The molecular formula is C20H30N4O3. The molecule has 0 aromatic heterocycles. The van der Waals surface area contributed by atoms with E-state index in [0.29, 0.717) is 18.7 Å². The molecule has 0 atom stereocenters. The summed E-state index contributed by atoms with van der Waals surface area (Å²) < 4.78 is 5.44. The van der Waals surface area contributed by atoms with Gasteiger partial charge in [0.05, 0.1) is 5.69 Å². The van der Waals surface area contributed by atoms with Crippen molar-refractivity contribution in [3.05, 3.63) is 24.3 Å². The van der Waals surface area contributed by atoms with Gasteiger partial charge in [0.15, 0.2) is 6.61 Å². The highest BCUT2D eigenvalue weighted by Crippen LogP contribution is 2.31. The molecule has 0 radical (unpaired) electrons. The Bertz CT molecular complexity index is 658. The van der Waals surface area contributed by atoms with Crippen molar-refractivity contribution in [1.82, 2.24) is 14.7 Å². The van der Waals surface area contributed by atoms with Crippen LogP contribution in [0.15, 0.2) is 24.3 Å². The molecule has 2 aliphatic heterocycles. The molecule has 7 nitrogen and oxygen atoms in total. The van der Waals surface area contributed by atoms with Crippen molar-refractivity contribution >= 4 is 17.5 Å². The van der Waals surface area contributed by atoms with Crippen LogP contribution in [-0.2, 0) is 9.59 Å². The van der Waals surface area contributed by atoms with E-state index in [1.165, 1.54) is 0 Å². The normalized spacial score (nSPS) is 18.1. The summed E-state index contributed by atoms with van der Waals surface area (Å²) in [7, 11) is 4.00. The standard InChI is InChI=1S/C20H30N4O3/c1-21-12-14-23(15-13-21)10-5-9-22(2)19(25)8-11-24-17-6-3-4-7-18(17)27-16-20(24)26/h3-4,6-7H,5,8-16H2,1-2H3. The summed E-state index contributed by atoms with van der Waals surface area (Å²) in [6.07, 6.45) is 1.30. The number of hydrogen-bond donors (Lipinski definition) is 0. The van der Waals surface area contributed by atoms with Crippen molar-refractivity contribution in [1.29, 1.82) is 0 Å².